The van der Waals surface area contributed by atoms with E-state index in [0.717, 1.165) is 44.8 Å². The maximum Gasteiger partial charge on any atom is 0.220 e. The van der Waals surface area contributed by atoms with E-state index in [1.165, 1.54) is 0 Å². The molecule has 0 bridgehead atoms. The Hall–Kier alpha value is -1.46. The first-order valence-corrected chi connectivity index (χ1v) is 8.07. The Labute approximate surface area is 133 Å². The number of ether oxygens (including phenoxy) is 1. The van der Waals surface area contributed by atoms with Crippen molar-refractivity contribution in [2.24, 2.45) is 0 Å². The largest absolute Gasteiger partial charge is 0.379 e. The molecule has 1 aliphatic rings. The predicted molar refractivity (Wildman–Crippen MR) is 86.7 cm³/mol. The van der Waals surface area contributed by atoms with Gasteiger partial charge in [0.15, 0.2) is 0 Å². The number of carbonyl (C=O) groups excluding carboxylic acids is 1. The number of hydrogen-bond donors (Lipinski definition) is 1. The second kappa shape index (κ2) is 8.25. The number of rotatable bonds is 7. The lowest BCUT2D eigenvalue weighted by atomic mass is 9.95. The van der Waals surface area contributed by atoms with Crippen LogP contribution in [0.2, 0.25) is 0 Å². The SMILES string of the molecule is CC(C)(CCC(=O)NCCc1ccccn1)N1CCOCC1. The van der Waals surface area contributed by atoms with Gasteiger partial charge in [-0.1, -0.05) is 6.07 Å². The van der Waals surface area contributed by atoms with Crippen molar-refractivity contribution in [1.82, 2.24) is 15.2 Å². The lowest BCUT2D eigenvalue weighted by molar-refractivity contribution is -0.122. The minimum absolute atomic E-state index is 0.0438. The number of nitrogens with zero attached hydrogens (tertiary/aromatic N) is 2. The Morgan fingerprint density at radius 1 is 1.36 bits per heavy atom. The fourth-order valence-corrected chi connectivity index (χ4v) is 2.71. The van der Waals surface area contributed by atoms with Gasteiger partial charge in [-0.25, -0.2) is 0 Å². The van der Waals surface area contributed by atoms with Gasteiger partial charge in [-0.15, -0.1) is 0 Å². The Bertz CT molecular complexity index is 456. The van der Waals surface area contributed by atoms with Gasteiger partial charge in [0.2, 0.25) is 5.91 Å². The third kappa shape index (κ3) is 5.39. The molecule has 0 unspecified atom stereocenters. The molecule has 1 aromatic heterocycles. The number of morpholine rings is 1. The van der Waals surface area contributed by atoms with Crippen LogP contribution >= 0.6 is 0 Å². The van der Waals surface area contributed by atoms with Crippen LogP contribution in [0.25, 0.3) is 0 Å². The van der Waals surface area contributed by atoms with Crippen molar-refractivity contribution in [3.8, 4) is 0 Å². The van der Waals surface area contributed by atoms with Crippen LogP contribution in [0, 0.1) is 0 Å². The summed E-state index contributed by atoms with van der Waals surface area (Å²) in [6, 6.07) is 5.85. The summed E-state index contributed by atoms with van der Waals surface area (Å²) in [4.78, 5) is 18.7. The van der Waals surface area contributed by atoms with E-state index in [9.17, 15) is 4.79 Å². The fraction of sp³-hybridized carbons (Fsp3) is 0.647. The van der Waals surface area contributed by atoms with Crippen LogP contribution in [0.3, 0.4) is 0 Å². The molecule has 0 radical (unpaired) electrons. The van der Waals surface area contributed by atoms with Gasteiger partial charge >= 0.3 is 0 Å². The van der Waals surface area contributed by atoms with Crippen molar-refractivity contribution in [3.05, 3.63) is 30.1 Å². The number of amides is 1. The van der Waals surface area contributed by atoms with Gasteiger partial charge in [-0.3, -0.25) is 14.7 Å². The van der Waals surface area contributed by atoms with E-state index < -0.39 is 0 Å². The van der Waals surface area contributed by atoms with E-state index in [-0.39, 0.29) is 11.4 Å². The first-order chi connectivity index (χ1) is 10.6. The molecule has 2 heterocycles. The molecule has 0 aliphatic carbocycles. The highest BCUT2D eigenvalue weighted by atomic mass is 16.5. The average molecular weight is 305 g/mol. The van der Waals surface area contributed by atoms with Crippen LogP contribution < -0.4 is 5.32 Å². The van der Waals surface area contributed by atoms with Crippen LogP contribution in [-0.4, -0.2) is 54.2 Å². The molecule has 2 rings (SSSR count). The maximum absolute atomic E-state index is 12.0. The number of carbonyl (C=O) groups is 1. The lowest BCUT2D eigenvalue weighted by Gasteiger charge is -2.40. The standard InChI is InChI=1S/C17H27N3O2/c1-17(2,20-11-13-22-14-12-20)8-6-16(21)19-10-7-15-5-3-4-9-18-15/h3-5,9H,6-8,10-14H2,1-2H3,(H,19,21). The zero-order chi connectivity index (χ0) is 15.8. The third-order valence-electron chi connectivity index (χ3n) is 4.26. The zero-order valence-corrected chi connectivity index (χ0v) is 13.7. The summed E-state index contributed by atoms with van der Waals surface area (Å²) < 4.78 is 5.39. The van der Waals surface area contributed by atoms with Gasteiger partial charge in [0.05, 0.1) is 13.2 Å². The third-order valence-corrected chi connectivity index (χ3v) is 4.26. The molecule has 5 nitrogen and oxygen atoms in total. The summed E-state index contributed by atoms with van der Waals surface area (Å²) >= 11 is 0. The average Bonchev–Trinajstić information content (AvgIpc) is 2.55. The highest BCUT2D eigenvalue weighted by molar-refractivity contribution is 5.75. The van der Waals surface area contributed by atoms with Crippen LogP contribution in [0.4, 0.5) is 0 Å². The van der Waals surface area contributed by atoms with Crippen molar-refractivity contribution in [2.75, 3.05) is 32.8 Å². The van der Waals surface area contributed by atoms with Gasteiger partial charge in [0.1, 0.15) is 0 Å². The second-order valence-corrected chi connectivity index (χ2v) is 6.33. The fourth-order valence-electron chi connectivity index (χ4n) is 2.71. The van der Waals surface area contributed by atoms with Gasteiger partial charge in [-0.05, 0) is 32.4 Å². The summed E-state index contributed by atoms with van der Waals surface area (Å²) in [6.45, 7) is 8.55. The molecule has 1 N–H and O–H groups in total. The summed E-state index contributed by atoms with van der Waals surface area (Å²) in [6.07, 6.45) is 3.98. The molecular weight excluding hydrogens is 278 g/mol. The molecule has 0 spiro atoms. The van der Waals surface area contributed by atoms with Crippen molar-refractivity contribution in [1.29, 1.82) is 0 Å². The van der Waals surface area contributed by atoms with Crippen LogP contribution in [-0.2, 0) is 16.0 Å². The van der Waals surface area contributed by atoms with E-state index in [1.807, 2.05) is 18.2 Å². The van der Waals surface area contributed by atoms with Gasteiger partial charge in [-0.2, -0.15) is 0 Å². The van der Waals surface area contributed by atoms with Crippen molar-refractivity contribution in [2.45, 2.75) is 38.6 Å². The number of hydrogen-bond acceptors (Lipinski definition) is 4. The molecule has 0 atom stereocenters. The molecule has 1 amide bonds. The van der Waals surface area contributed by atoms with Gasteiger partial charge in [0.25, 0.3) is 0 Å². The monoisotopic (exact) mass is 305 g/mol. The Morgan fingerprint density at radius 3 is 2.82 bits per heavy atom. The van der Waals surface area contributed by atoms with E-state index >= 15 is 0 Å². The number of nitrogens with one attached hydrogen (secondary N) is 1. The molecule has 22 heavy (non-hydrogen) atoms. The number of pyridine rings is 1. The number of aromatic nitrogens is 1. The maximum atomic E-state index is 12.0. The van der Waals surface area contributed by atoms with Gasteiger partial charge in [0, 0.05) is 49.9 Å². The van der Waals surface area contributed by atoms with Gasteiger partial charge < -0.3 is 10.1 Å². The zero-order valence-electron chi connectivity index (χ0n) is 13.7. The summed E-state index contributed by atoms with van der Waals surface area (Å²) in [5.41, 5.74) is 1.05. The van der Waals surface area contributed by atoms with E-state index in [0.29, 0.717) is 13.0 Å². The molecule has 0 saturated carbocycles. The minimum Gasteiger partial charge on any atom is -0.379 e. The first kappa shape index (κ1) is 16.9. The normalized spacial score (nSPS) is 16.5. The van der Waals surface area contributed by atoms with Crippen molar-refractivity contribution in [3.63, 3.8) is 0 Å². The molecule has 1 fully saturated rings. The molecular formula is C17H27N3O2. The topological polar surface area (TPSA) is 54.5 Å². The van der Waals surface area contributed by atoms with Crippen molar-refractivity contribution < 1.29 is 9.53 Å². The molecule has 5 heteroatoms. The highest BCUT2D eigenvalue weighted by Gasteiger charge is 2.28. The van der Waals surface area contributed by atoms with Crippen LogP contribution in [0.5, 0.6) is 0 Å². The molecule has 122 valence electrons. The Kier molecular flexibility index (Phi) is 6.34. The summed E-state index contributed by atoms with van der Waals surface area (Å²) in [7, 11) is 0. The summed E-state index contributed by atoms with van der Waals surface area (Å²) in [5.74, 6) is 0.122. The highest BCUT2D eigenvalue weighted by Crippen LogP contribution is 2.21. The van der Waals surface area contributed by atoms with Crippen LogP contribution in [0.15, 0.2) is 24.4 Å². The first-order valence-electron chi connectivity index (χ1n) is 8.07. The molecule has 1 saturated heterocycles. The Morgan fingerprint density at radius 2 is 2.14 bits per heavy atom. The van der Waals surface area contributed by atoms with E-state index in [4.69, 9.17) is 4.74 Å². The van der Waals surface area contributed by atoms with Crippen molar-refractivity contribution >= 4 is 5.91 Å². The molecule has 1 aliphatic heterocycles. The summed E-state index contributed by atoms with van der Waals surface area (Å²) in [5, 5.41) is 2.98. The molecule has 0 aromatic carbocycles. The van der Waals surface area contributed by atoms with Crippen LogP contribution in [0.1, 0.15) is 32.4 Å². The van der Waals surface area contributed by atoms with E-state index in [2.05, 4.69) is 29.0 Å². The van der Waals surface area contributed by atoms with E-state index in [1.54, 1.807) is 6.20 Å². The smallest absolute Gasteiger partial charge is 0.220 e. The minimum atomic E-state index is 0.0438. The quantitative estimate of drug-likeness (QED) is 0.832. The lowest BCUT2D eigenvalue weighted by Crippen LogP contribution is -2.50. The predicted octanol–water partition coefficient (Wildman–Crippen LogP) is 1.63. The Balaban J connectivity index is 1.66. The molecule has 1 aromatic rings. The second-order valence-electron chi connectivity index (χ2n) is 6.33.